The highest BCUT2D eigenvalue weighted by Gasteiger charge is 2.41. The van der Waals surface area contributed by atoms with Crippen LogP contribution in [0.3, 0.4) is 0 Å². The van der Waals surface area contributed by atoms with Gasteiger partial charge in [0.1, 0.15) is 24.2 Å². The largest absolute Gasteiger partial charge is 0.453 e. The molecule has 3 heterocycles. The lowest BCUT2D eigenvalue weighted by molar-refractivity contribution is -0.139. The molecular formula is C56H73N7O8Si-. The fourth-order valence-electron chi connectivity index (χ4n) is 11.2. The number of ether oxygens (including phenoxy) is 2. The van der Waals surface area contributed by atoms with Crippen LogP contribution in [0.4, 0.5) is 26.7 Å². The normalized spacial score (nSPS) is 19.7. The van der Waals surface area contributed by atoms with Crippen LogP contribution in [-0.2, 0) is 28.7 Å². The fraction of sp³-hybridized carbons (Fsp3) is 0.464. The summed E-state index contributed by atoms with van der Waals surface area (Å²) in [6.07, 6.45) is 2.74. The van der Waals surface area contributed by atoms with Crippen LogP contribution in [0.2, 0.25) is 12.1 Å². The molecule has 0 saturated carbocycles. The van der Waals surface area contributed by atoms with Gasteiger partial charge in [0.25, 0.3) is 0 Å². The Morgan fingerprint density at radius 2 is 0.958 bits per heavy atom. The van der Waals surface area contributed by atoms with Gasteiger partial charge >= 0.3 is 12.2 Å². The Balaban J connectivity index is 1.11. The first kappa shape index (κ1) is 53.1. The van der Waals surface area contributed by atoms with Gasteiger partial charge in [-0.3, -0.25) is 19.2 Å². The third kappa shape index (κ3) is 11.5. The van der Waals surface area contributed by atoms with E-state index >= 15 is 0 Å². The van der Waals surface area contributed by atoms with Crippen molar-refractivity contribution in [2.45, 2.75) is 128 Å². The molecule has 6 atom stereocenters. The number of hydrogen-bond donors (Lipinski definition) is 4. The minimum Gasteiger partial charge on any atom is -0.453 e. The number of likely N-dealkylation sites (tertiary alicyclic amines) is 2. The third-order valence-corrected chi connectivity index (χ3v) is 20.5. The lowest BCUT2D eigenvalue weighted by Crippen LogP contribution is -2.57. The van der Waals surface area contributed by atoms with E-state index in [-0.39, 0.29) is 47.5 Å². The van der Waals surface area contributed by atoms with Crippen LogP contribution < -0.4 is 36.5 Å². The van der Waals surface area contributed by atoms with Crippen molar-refractivity contribution in [2.24, 2.45) is 11.8 Å². The van der Waals surface area contributed by atoms with Crippen LogP contribution in [0.1, 0.15) is 103 Å². The van der Waals surface area contributed by atoms with Crippen molar-refractivity contribution in [2.75, 3.05) is 42.8 Å². The highest BCUT2D eigenvalue weighted by Crippen LogP contribution is 2.47. The quantitative estimate of drug-likeness (QED) is 0.0764. The molecule has 0 unspecified atom stereocenters. The van der Waals surface area contributed by atoms with Crippen molar-refractivity contribution in [3.05, 3.63) is 114 Å². The number of hydrogen-bond acceptors (Lipinski definition) is 9. The smallest absolute Gasteiger partial charge is 0.407 e. The Kier molecular flexibility index (Phi) is 17.5. The molecule has 4 aromatic carbocycles. The van der Waals surface area contributed by atoms with Crippen LogP contribution >= 0.6 is 0 Å². The van der Waals surface area contributed by atoms with E-state index in [1.165, 1.54) is 24.6 Å². The van der Waals surface area contributed by atoms with E-state index in [1.807, 2.05) is 52.0 Å². The molecule has 4 aromatic rings. The van der Waals surface area contributed by atoms with Gasteiger partial charge in [0, 0.05) is 30.2 Å². The predicted octanol–water partition coefficient (Wildman–Crippen LogP) is 7.99. The molecule has 72 heavy (non-hydrogen) atoms. The molecule has 0 aliphatic carbocycles. The number of benzene rings is 4. The molecule has 6 amide bonds. The minimum absolute atomic E-state index is 0.00547. The monoisotopic (exact) mass is 1000 g/mol. The summed E-state index contributed by atoms with van der Waals surface area (Å²) in [5, 5.41) is 14.3. The average Bonchev–Trinajstić information content (AvgIpc) is 4.20. The first-order chi connectivity index (χ1) is 34.6. The van der Waals surface area contributed by atoms with Crippen molar-refractivity contribution in [3.8, 4) is 0 Å². The molecular weight excluding hydrogens is 927 g/mol. The zero-order valence-electron chi connectivity index (χ0n) is 43.1. The summed E-state index contributed by atoms with van der Waals surface area (Å²) in [4.78, 5) is 84.8. The molecule has 7 rings (SSSR count). The van der Waals surface area contributed by atoms with Gasteiger partial charge in [-0.1, -0.05) is 116 Å². The van der Waals surface area contributed by atoms with Crippen LogP contribution in [0.25, 0.3) is 0 Å². The maximum Gasteiger partial charge on any atom is 0.407 e. The maximum absolute atomic E-state index is 13.8. The molecule has 3 fully saturated rings. The summed E-state index contributed by atoms with van der Waals surface area (Å²) in [5.74, 6) is -1.56. The van der Waals surface area contributed by atoms with Gasteiger partial charge in [-0.25, -0.2) is 9.59 Å². The molecule has 3 aliphatic rings. The van der Waals surface area contributed by atoms with Crippen LogP contribution in [0.5, 0.6) is 0 Å². The number of amides is 6. The van der Waals surface area contributed by atoms with Crippen molar-refractivity contribution >= 4 is 71.3 Å². The van der Waals surface area contributed by atoms with E-state index in [4.69, 9.17) is 9.47 Å². The number of nitrogens with one attached hydrogen (secondary N) is 4. The number of alkyl carbamates (subject to hydrolysis) is 2. The first-order valence-electron chi connectivity index (χ1n) is 25.7. The van der Waals surface area contributed by atoms with Crippen LogP contribution in [0.15, 0.2) is 103 Å². The topological polar surface area (TPSA) is 179 Å². The van der Waals surface area contributed by atoms with Gasteiger partial charge in [-0.2, -0.15) is 22.5 Å². The van der Waals surface area contributed by atoms with Crippen molar-refractivity contribution in [1.82, 2.24) is 20.4 Å². The van der Waals surface area contributed by atoms with Gasteiger partial charge in [-0.15, -0.1) is 0 Å². The summed E-state index contributed by atoms with van der Waals surface area (Å²) in [5.41, 5.74) is 4.56. The van der Waals surface area contributed by atoms with Gasteiger partial charge in [0.15, 0.2) is 0 Å². The van der Waals surface area contributed by atoms with Crippen molar-refractivity contribution in [1.29, 1.82) is 0 Å². The molecule has 0 radical (unpaired) electrons. The molecule has 0 bridgehead atoms. The van der Waals surface area contributed by atoms with E-state index in [2.05, 4.69) is 119 Å². The van der Waals surface area contributed by atoms with Gasteiger partial charge in [-0.05, 0) is 97.9 Å². The van der Waals surface area contributed by atoms with Gasteiger partial charge in [0.2, 0.25) is 23.6 Å². The molecule has 15 nitrogen and oxygen atoms in total. The molecule has 4 N–H and O–H groups in total. The van der Waals surface area contributed by atoms with E-state index in [0.717, 1.165) is 41.7 Å². The predicted molar refractivity (Wildman–Crippen MR) is 284 cm³/mol. The Bertz CT molecular complexity index is 2400. The lowest BCUT2D eigenvalue weighted by Gasteiger charge is -2.44. The van der Waals surface area contributed by atoms with Gasteiger partial charge in [0.05, 0.1) is 26.3 Å². The Hall–Kier alpha value is -6.68. The molecule has 385 valence electrons. The second-order valence-electron chi connectivity index (χ2n) is 20.0. The Morgan fingerprint density at radius 3 is 1.33 bits per heavy atom. The second-order valence-corrected chi connectivity index (χ2v) is 24.8. The van der Waals surface area contributed by atoms with Crippen molar-refractivity contribution in [3.63, 3.8) is 0 Å². The molecule has 0 aromatic heterocycles. The second kappa shape index (κ2) is 23.7. The van der Waals surface area contributed by atoms with E-state index in [0.29, 0.717) is 50.1 Å². The summed E-state index contributed by atoms with van der Waals surface area (Å²) in [6, 6.07) is 35.4. The lowest BCUT2D eigenvalue weighted by atomic mass is 10.0. The van der Waals surface area contributed by atoms with E-state index in [9.17, 15) is 28.8 Å². The van der Waals surface area contributed by atoms with Crippen molar-refractivity contribution < 1.29 is 38.2 Å². The van der Waals surface area contributed by atoms with Gasteiger partial charge < -0.3 is 45.4 Å². The highest BCUT2D eigenvalue weighted by molar-refractivity contribution is 7.02. The minimum atomic E-state index is -2.01. The summed E-state index contributed by atoms with van der Waals surface area (Å²) >= 11 is 0. The first-order valence-corrected chi connectivity index (χ1v) is 28.1. The summed E-state index contributed by atoms with van der Waals surface area (Å²) < 4.78 is 9.54. The summed E-state index contributed by atoms with van der Waals surface area (Å²) in [7, 11) is 0.497. The average molecular weight is 1000 g/mol. The highest BCUT2D eigenvalue weighted by atomic mass is 28.3. The SMILES string of the molecule is CC[Si-](CC)(c1ccccc1)c1ccc(N2[C@H](c3ccc(NC(=O)[C@@H]4CCCN4C(=O)[C@@H](NC(=O)OC)C(C)C)cc3)CC[C@H]2c2ccc(NC(=O)[C@@H]3CCCN3C(=O)[C@@H](NC(=O)OC)C(C)C)cc2)cc1. The third-order valence-electron chi connectivity index (χ3n) is 15.2. The molecule has 3 aliphatic heterocycles. The molecule has 16 heteroatoms. The Morgan fingerprint density at radius 1 is 0.556 bits per heavy atom. The van der Waals surface area contributed by atoms with Crippen LogP contribution in [-0.4, -0.2) is 105 Å². The number of rotatable bonds is 17. The van der Waals surface area contributed by atoms with E-state index < -0.39 is 44.4 Å². The molecule has 0 spiro atoms. The maximum atomic E-state index is 13.8. The fourth-order valence-corrected chi connectivity index (χ4v) is 15.3. The standard InChI is InChI=1S/C56H73N7O8Si/c1-9-72(10-2,43-16-12-11-13-17-43)44-30-28-42(29-31-44)63-45(38-20-24-40(25-21-38)57-51(64)47-18-14-34-61(47)53(66)49(36(3)4)59-55(68)70-7)32-33-46(63)39-22-26-41(27-23-39)58-52(65)48-19-15-35-62(48)54(67)50(37(5)6)60-56(69)71-8/h11-13,16-17,20-31,36-37,45-50H,9-10,14-15,18-19,32-35H2,1-8H3,(H,57,64)(H,58,65)(H,59,68)(H,60,69)/q-1/t45-,46-,47-,48-,49-,50-/m0/s1. The number of anilines is 3. The Labute approximate surface area is 425 Å². The van der Waals surface area contributed by atoms with E-state index in [1.54, 1.807) is 9.80 Å². The summed E-state index contributed by atoms with van der Waals surface area (Å²) in [6.45, 7) is 12.9. The van der Waals surface area contributed by atoms with Crippen LogP contribution in [0, 0.1) is 11.8 Å². The zero-order chi connectivity index (χ0) is 51.7. The number of nitrogens with zero attached hydrogens (tertiary/aromatic N) is 3. The number of carbonyl (C=O) groups is 6. The molecule has 3 saturated heterocycles. The number of carbonyl (C=O) groups excluding carboxylic acids is 6. The number of methoxy groups -OCH3 is 2. The zero-order valence-corrected chi connectivity index (χ0v) is 44.1.